The summed E-state index contributed by atoms with van der Waals surface area (Å²) in [4.78, 5) is 9.81. The molecule has 3 heteroatoms. The Morgan fingerprint density at radius 1 is 1.78 bits per heavy atom. The van der Waals surface area contributed by atoms with Gasteiger partial charge >= 0.3 is 0 Å². The molecule has 0 amide bonds. The lowest BCUT2D eigenvalue weighted by molar-refractivity contribution is -0.272. The molecule has 0 aromatic rings. The van der Waals surface area contributed by atoms with Gasteiger partial charge in [-0.25, -0.2) is 9.78 Å². The number of rotatable bonds is 2. The standard InChI is InChI=1S/C6H9BrO2/c1-2-5(7)6-3-4-8-9-6/h2,5-6H,1,3-4H2. The van der Waals surface area contributed by atoms with Crippen LogP contribution in [0.5, 0.6) is 0 Å². The maximum Gasteiger partial charge on any atom is 0.111 e. The molecule has 2 atom stereocenters. The van der Waals surface area contributed by atoms with Crippen LogP contribution in [0.25, 0.3) is 0 Å². The summed E-state index contributed by atoms with van der Waals surface area (Å²) in [6.07, 6.45) is 2.91. The largest absolute Gasteiger partial charge is 0.236 e. The second-order valence-electron chi connectivity index (χ2n) is 1.93. The van der Waals surface area contributed by atoms with E-state index < -0.39 is 0 Å². The molecule has 0 aromatic carbocycles. The Morgan fingerprint density at radius 3 is 3.00 bits per heavy atom. The van der Waals surface area contributed by atoms with E-state index in [0.717, 1.165) is 6.42 Å². The molecule has 9 heavy (non-hydrogen) atoms. The van der Waals surface area contributed by atoms with E-state index in [1.165, 1.54) is 0 Å². The monoisotopic (exact) mass is 192 g/mol. The molecule has 2 unspecified atom stereocenters. The van der Waals surface area contributed by atoms with Crippen molar-refractivity contribution in [2.45, 2.75) is 17.4 Å². The van der Waals surface area contributed by atoms with E-state index in [1.807, 2.05) is 0 Å². The van der Waals surface area contributed by atoms with Crippen LogP contribution in [0.3, 0.4) is 0 Å². The Hall–Kier alpha value is 0.140. The first-order valence-corrected chi connectivity index (χ1v) is 3.81. The summed E-state index contributed by atoms with van der Waals surface area (Å²) in [6, 6.07) is 0. The summed E-state index contributed by atoms with van der Waals surface area (Å²) in [6.45, 7) is 4.32. The molecule has 0 bridgehead atoms. The van der Waals surface area contributed by atoms with Gasteiger partial charge in [-0.15, -0.1) is 6.58 Å². The Balaban J connectivity index is 2.32. The molecule has 2 nitrogen and oxygen atoms in total. The minimum Gasteiger partial charge on any atom is -0.236 e. The molecule has 52 valence electrons. The van der Waals surface area contributed by atoms with Gasteiger partial charge in [0.05, 0.1) is 11.4 Å². The molecule has 1 aliphatic rings. The second-order valence-corrected chi connectivity index (χ2v) is 2.98. The molecule has 1 heterocycles. The van der Waals surface area contributed by atoms with Gasteiger partial charge in [0.2, 0.25) is 0 Å². The zero-order chi connectivity index (χ0) is 6.69. The lowest BCUT2D eigenvalue weighted by Gasteiger charge is -2.08. The molecule has 0 aliphatic carbocycles. The minimum absolute atomic E-state index is 0.155. The maximum absolute atomic E-state index is 4.89. The minimum atomic E-state index is 0.155. The van der Waals surface area contributed by atoms with Gasteiger partial charge in [0.1, 0.15) is 6.10 Å². The molecule has 1 saturated heterocycles. The van der Waals surface area contributed by atoms with Crippen LogP contribution in [-0.4, -0.2) is 17.5 Å². The molecule has 1 aliphatic heterocycles. The third-order valence-electron chi connectivity index (χ3n) is 1.26. The van der Waals surface area contributed by atoms with Crippen LogP contribution < -0.4 is 0 Å². The van der Waals surface area contributed by atoms with Gasteiger partial charge in [-0.05, 0) is 0 Å². The Labute approximate surface area is 62.9 Å². The highest BCUT2D eigenvalue weighted by Crippen LogP contribution is 2.18. The van der Waals surface area contributed by atoms with Crippen molar-refractivity contribution in [2.24, 2.45) is 0 Å². The molecule has 1 rings (SSSR count). The predicted molar refractivity (Wildman–Crippen MR) is 38.4 cm³/mol. The lowest BCUT2D eigenvalue weighted by Crippen LogP contribution is -2.16. The van der Waals surface area contributed by atoms with Crippen molar-refractivity contribution in [1.82, 2.24) is 0 Å². The van der Waals surface area contributed by atoms with Crippen molar-refractivity contribution in [2.75, 3.05) is 6.61 Å². The average molecular weight is 193 g/mol. The first-order valence-electron chi connectivity index (χ1n) is 2.89. The smallest absolute Gasteiger partial charge is 0.111 e. The van der Waals surface area contributed by atoms with Crippen LogP contribution in [0.4, 0.5) is 0 Å². The molecule has 0 N–H and O–H groups in total. The fraction of sp³-hybridized carbons (Fsp3) is 0.667. The van der Waals surface area contributed by atoms with E-state index in [2.05, 4.69) is 22.5 Å². The first-order chi connectivity index (χ1) is 4.34. The third-order valence-corrected chi connectivity index (χ3v) is 2.22. The molecule has 0 radical (unpaired) electrons. The van der Waals surface area contributed by atoms with Gasteiger partial charge in [0.25, 0.3) is 0 Å². The first kappa shape index (κ1) is 7.25. The summed E-state index contributed by atoms with van der Waals surface area (Å²) >= 11 is 3.38. The van der Waals surface area contributed by atoms with Crippen LogP contribution >= 0.6 is 15.9 Å². The molecular weight excluding hydrogens is 184 g/mol. The summed E-state index contributed by atoms with van der Waals surface area (Å²) in [5.74, 6) is 0. The van der Waals surface area contributed by atoms with Gasteiger partial charge in [-0.1, -0.05) is 22.0 Å². The summed E-state index contributed by atoms with van der Waals surface area (Å²) in [5, 5.41) is 0. The molecular formula is C6H9BrO2. The van der Waals surface area contributed by atoms with Crippen molar-refractivity contribution >= 4 is 15.9 Å². The Bertz CT molecular complexity index is 99.2. The SMILES string of the molecule is C=CC(Br)C1CCOO1. The predicted octanol–water partition coefficient (Wildman–Crippen LogP) is 1.66. The van der Waals surface area contributed by atoms with Crippen LogP contribution in [0.2, 0.25) is 0 Å². The van der Waals surface area contributed by atoms with Crippen LogP contribution in [0.15, 0.2) is 12.7 Å². The Morgan fingerprint density at radius 2 is 2.56 bits per heavy atom. The van der Waals surface area contributed by atoms with Gasteiger partial charge in [-0.3, -0.25) is 0 Å². The zero-order valence-corrected chi connectivity index (χ0v) is 6.63. The fourth-order valence-corrected chi connectivity index (χ4v) is 1.06. The molecule has 0 saturated carbocycles. The Kier molecular flexibility index (Phi) is 2.69. The van der Waals surface area contributed by atoms with E-state index in [-0.39, 0.29) is 10.9 Å². The zero-order valence-electron chi connectivity index (χ0n) is 5.05. The summed E-state index contributed by atoms with van der Waals surface area (Å²) < 4.78 is 0. The third kappa shape index (κ3) is 1.78. The second kappa shape index (κ2) is 3.34. The number of hydrogen-bond donors (Lipinski definition) is 0. The van der Waals surface area contributed by atoms with Crippen LogP contribution in [-0.2, 0) is 9.78 Å². The van der Waals surface area contributed by atoms with Crippen molar-refractivity contribution in [3.05, 3.63) is 12.7 Å². The average Bonchev–Trinajstić information content (AvgIpc) is 2.37. The van der Waals surface area contributed by atoms with Crippen molar-refractivity contribution < 1.29 is 9.78 Å². The van der Waals surface area contributed by atoms with Crippen LogP contribution in [0.1, 0.15) is 6.42 Å². The molecule has 0 spiro atoms. The highest BCUT2D eigenvalue weighted by Gasteiger charge is 2.22. The van der Waals surface area contributed by atoms with Gasteiger partial charge in [-0.2, -0.15) is 0 Å². The number of hydrogen-bond acceptors (Lipinski definition) is 2. The molecule has 0 aromatic heterocycles. The van der Waals surface area contributed by atoms with Gasteiger partial charge in [0, 0.05) is 6.42 Å². The maximum atomic E-state index is 4.89. The quantitative estimate of drug-likeness (QED) is 0.377. The number of alkyl halides is 1. The van der Waals surface area contributed by atoms with Crippen molar-refractivity contribution in [3.63, 3.8) is 0 Å². The lowest BCUT2D eigenvalue weighted by atomic mass is 10.2. The summed E-state index contributed by atoms with van der Waals surface area (Å²) in [7, 11) is 0. The normalized spacial score (nSPS) is 30.1. The van der Waals surface area contributed by atoms with Gasteiger partial charge in [0.15, 0.2) is 0 Å². The van der Waals surface area contributed by atoms with E-state index in [1.54, 1.807) is 6.08 Å². The van der Waals surface area contributed by atoms with E-state index in [0.29, 0.717) is 6.61 Å². The summed E-state index contributed by atoms with van der Waals surface area (Å²) in [5.41, 5.74) is 0. The van der Waals surface area contributed by atoms with E-state index in [4.69, 9.17) is 9.78 Å². The highest BCUT2D eigenvalue weighted by atomic mass is 79.9. The molecule has 1 fully saturated rings. The van der Waals surface area contributed by atoms with Crippen LogP contribution in [0, 0.1) is 0 Å². The van der Waals surface area contributed by atoms with E-state index in [9.17, 15) is 0 Å². The number of halogens is 1. The highest BCUT2D eigenvalue weighted by molar-refractivity contribution is 9.09. The fourth-order valence-electron chi connectivity index (χ4n) is 0.712. The van der Waals surface area contributed by atoms with Gasteiger partial charge < -0.3 is 0 Å². The van der Waals surface area contributed by atoms with Crippen molar-refractivity contribution in [1.29, 1.82) is 0 Å². The van der Waals surface area contributed by atoms with Crippen molar-refractivity contribution in [3.8, 4) is 0 Å². The van der Waals surface area contributed by atoms with E-state index >= 15 is 0 Å². The topological polar surface area (TPSA) is 18.5 Å².